The first-order valence-electron chi connectivity index (χ1n) is 5.00. The number of hydrogen-bond donors (Lipinski definition) is 2. The predicted molar refractivity (Wildman–Crippen MR) is 59.5 cm³/mol. The van der Waals surface area contributed by atoms with Crippen LogP contribution < -0.4 is 0 Å². The van der Waals surface area contributed by atoms with Gasteiger partial charge >= 0.3 is 0 Å². The maximum atomic E-state index is 7.60. The van der Waals surface area contributed by atoms with Crippen LogP contribution in [0.15, 0.2) is 12.3 Å². The van der Waals surface area contributed by atoms with Crippen LogP contribution in [0.1, 0.15) is 31.2 Å². The predicted octanol–water partition coefficient (Wildman–Crippen LogP) is 2.13. The van der Waals surface area contributed by atoms with Gasteiger partial charge in [0.1, 0.15) is 0 Å². The fraction of sp³-hybridized carbons (Fsp3) is 0.545. The number of aromatic amines is 1. The molecule has 1 rings (SSSR count). The molecule has 15 heavy (non-hydrogen) atoms. The second-order valence-corrected chi connectivity index (χ2v) is 3.44. The molecule has 0 aromatic carbocycles. The van der Waals surface area contributed by atoms with E-state index in [0.717, 1.165) is 11.3 Å². The molecular weight excluding hydrogens is 192 g/mol. The molecule has 0 saturated heterocycles. The van der Waals surface area contributed by atoms with E-state index in [0.29, 0.717) is 18.9 Å². The molecule has 1 atom stereocenters. The Morgan fingerprint density at radius 3 is 2.87 bits per heavy atom. The second kappa shape index (κ2) is 5.68. The molecule has 1 heterocycles. The molecule has 0 aliphatic rings. The van der Waals surface area contributed by atoms with E-state index in [4.69, 9.17) is 14.9 Å². The minimum absolute atomic E-state index is 0.0366. The maximum Gasteiger partial charge on any atom is 0.0952 e. The van der Waals surface area contributed by atoms with Crippen molar-refractivity contribution in [1.29, 1.82) is 5.41 Å². The van der Waals surface area contributed by atoms with E-state index in [-0.39, 0.29) is 6.10 Å². The van der Waals surface area contributed by atoms with Gasteiger partial charge in [-0.25, -0.2) is 0 Å². The highest BCUT2D eigenvalue weighted by Crippen LogP contribution is 2.19. The quantitative estimate of drug-likeness (QED) is 0.558. The first kappa shape index (κ1) is 11.9. The summed E-state index contributed by atoms with van der Waals surface area (Å²) in [4.78, 5) is 3.11. The lowest BCUT2D eigenvalue weighted by Gasteiger charge is -2.13. The first-order valence-corrected chi connectivity index (χ1v) is 5.00. The van der Waals surface area contributed by atoms with Crippen LogP contribution in [0.5, 0.6) is 0 Å². The summed E-state index contributed by atoms with van der Waals surface area (Å²) in [6.07, 6.45) is 1.80. The first-order chi connectivity index (χ1) is 7.16. The standard InChI is InChI=1S/C11H18N2O2/c1-8(12)10-4-5-13-11(10)9(2)15-7-6-14-3/h4-5,9,12-13H,6-7H2,1-3H3. The van der Waals surface area contributed by atoms with E-state index >= 15 is 0 Å². The van der Waals surface area contributed by atoms with E-state index in [1.807, 2.05) is 19.2 Å². The lowest BCUT2D eigenvalue weighted by molar-refractivity contribution is 0.0238. The SMILES string of the molecule is COCCOC(C)c1[nH]ccc1C(C)=N. The summed E-state index contributed by atoms with van der Waals surface area (Å²) in [5.41, 5.74) is 2.42. The van der Waals surface area contributed by atoms with Gasteiger partial charge in [-0.15, -0.1) is 0 Å². The van der Waals surface area contributed by atoms with E-state index in [9.17, 15) is 0 Å². The molecule has 4 nitrogen and oxygen atoms in total. The Kier molecular flexibility index (Phi) is 4.52. The highest BCUT2D eigenvalue weighted by molar-refractivity contribution is 5.97. The summed E-state index contributed by atoms with van der Waals surface area (Å²) in [5.74, 6) is 0. The Labute approximate surface area is 90.1 Å². The molecule has 0 saturated carbocycles. The third-order valence-corrected chi connectivity index (χ3v) is 2.24. The van der Waals surface area contributed by atoms with Crippen molar-refractivity contribution < 1.29 is 9.47 Å². The molecule has 0 radical (unpaired) electrons. The molecule has 1 unspecified atom stereocenters. The van der Waals surface area contributed by atoms with Crippen molar-refractivity contribution >= 4 is 5.71 Å². The molecule has 1 aromatic rings. The number of H-pyrrole nitrogens is 1. The van der Waals surface area contributed by atoms with Gasteiger partial charge in [-0.05, 0) is 19.9 Å². The van der Waals surface area contributed by atoms with E-state index in [1.165, 1.54) is 0 Å². The molecule has 0 aliphatic heterocycles. The molecule has 1 aromatic heterocycles. The molecule has 2 N–H and O–H groups in total. The molecule has 84 valence electrons. The number of aromatic nitrogens is 1. The third kappa shape index (κ3) is 3.18. The van der Waals surface area contributed by atoms with Crippen molar-refractivity contribution in [3.8, 4) is 0 Å². The number of hydrogen-bond acceptors (Lipinski definition) is 3. The van der Waals surface area contributed by atoms with Gasteiger partial charge in [0.25, 0.3) is 0 Å². The van der Waals surface area contributed by atoms with Crippen molar-refractivity contribution in [2.75, 3.05) is 20.3 Å². The Morgan fingerprint density at radius 1 is 1.53 bits per heavy atom. The van der Waals surface area contributed by atoms with Gasteiger partial charge in [0.2, 0.25) is 0 Å². The second-order valence-electron chi connectivity index (χ2n) is 3.44. The van der Waals surface area contributed by atoms with Crippen LogP contribution in [0.25, 0.3) is 0 Å². The van der Waals surface area contributed by atoms with Gasteiger partial charge in [-0.1, -0.05) is 0 Å². The topological polar surface area (TPSA) is 58.1 Å². The van der Waals surface area contributed by atoms with Crippen LogP contribution in [0, 0.1) is 5.41 Å². The van der Waals surface area contributed by atoms with Gasteiger partial charge in [0.15, 0.2) is 0 Å². The smallest absolute Gasteiger partial charge is 0.0952 e. The largest absolute Gasteiger partial charge is 0.382 e. The monoisotopic (exact) mass is 210 g/mol. The molecule has 0 spiro atoms. The average Bonchev–Trinajstić information content (AvgIpc) is 2.66. The highest BCUT2D eigenvalue weighted by atomic mass is 16.5. The van der Waals surface area contributed by atoms with Crippen molar-refractivity contribution in [2.24, 2.45) is 0 Å². The van der Waals surface area contributed by atoms with E-state index < -0.39 is 0 Å². The third-order valence-electron chi connectivity index (χ3n) is 2.24. The highest BCUT2D eigenvalue weighted by Gasteiger charge is 2.13. The molecule has 0 amide bonds. The van der Waals surface area contributed by atoms with Crippen LogP contribution in [-0.4, -0.2) is 31.0 Å². The Bertz CT molecular complexity index is 320. The van der Waals surface area contributed by atoms with Crippen molar-refractivity contribution in [2.45, 2.75) is 20.0 Å². The summed E-state index contributed by atoms with van der Waals surface area (Å²) in [5, 5.41) is 7.60. The summed E-state index contributed by atoms with van der Waals surface area (Å²) in [7, 11) is 1.65. The van der Waals surface area contributed by atoms with Crippen molar-refractivity contribution in [3.05, 3.63) is 23.5 Å². The average molecular weight is 210 g/mol. The molecule has 0 fully saturated rings. The van der Waals surface area contributed by atoms with Crippen LogP contribution in [-0.2, 0) is 9.47 Å². The van der Waals surface area contributed by atoms with E-state index in [2.05, 4.69) is 4.98 Å². The van der Waals surface area contributed by atoms with Gasteiger partial charge < -0.3 is 19.9 Å². The summed E-state index contributed by atoms with van der Waals surface area (Å²) < 4.78 is 10.5. The number of nitrogens with one attached hydrogen (secondary N) is 2. The number of rotatable bonds is 6. The zero-order valence-electron chi connectivity index (χ0n) is 9.46. The van der Waals surface area contributed by atoms with Crippen LogP contribution >= 0.6 is 0 Å². The Hall–Kier alpha value is -1.13. The van der Waals surface area contributed by atoms with E-state index in [1.54, 1.807) is 14.0 Å². The summed E-state index contributed by atoms with van der Waals surface area (Å²) >= 11 is 0. The fourth-order valence-electron chi connectivity index (χ4n) is 1.44. The minimum atomic E-state index is -0.0366. The molecule has 0 aliphatic carbocycles. The number of methoxy groups -OCH3 is 1. The normalized spacial score (nSPS) is 12.7. The van der Waals surface area contributed by atoms with Crippen LogP contribution in [0.4, 0.5) is 0 Å². The molecule has 0 bridgehead atoms. The fourth-order valence-corrected chi connectivity index (χ4v) is 1.44. The Balaban J connectivity index is 2.60. The van der Waals surface area contributed by atoms with Gasteiger partial charge in [0.05, 0.1) is 25.0 Å². The Morgan fingerprint density at radius 2 is 2.27 bits per heavy atom. The zero-order valence-corrected chi connectivity index (χ0v) is 9.46. The molecule has 4 heteroatoms. The van der Waals surface area contributed by atoms with Crippen molar-refractivity contribution in [3.63, 3.8) is 0 Å². The zero-order chi connectivity index (χ0) is 11.3. The molecular formula is C11H18N2O2. The lowest BCUT2D eigenvalue weighted by atomic mass is 10.1. The van der Waals surface area contributed by atoms with Crippen LogP contribution in [0.3, 0.4) is 0 Å². The summed E-state index contributed by atoms with van der Waals surface area (Å²) in [6, 6.07) is 1.90. The van der Waals surface area contributed by atoms with Gasteiger partial charge in [0, 0.05) is 24.6 Å². The van der Waals surface area contributed by atoms with Crippen LogP contribution in [0.2, 0.25) is 0 Å². The maximum absolute atomic E-state index is 7.60. The van der Waals surface area contributed by atoms with Gasteiger partial charge in [-0.3, -0.25) is 0 Å². The van der Waals surface area contributed by atoms with Crippen molar-refractivity contribution in [1.82, 2.24) is 4.98 Å². The van der Waals surface area contributed by atoms with Gasteiger partial charge in [-0.2, -0.15) is 0 Å². The minimum Gasteiger partial charge on any atom is -0.382 e. The lowest BCUT2D eigenvalue weighted by Crippen LogP contribution is -2.09. The number of ether oxygens (including phenoxy) is 2. The summed E-state index contributed by atoms with van der Waals surface area (Å²) in [6.45, 7) is 4.89.